The zero-order chi connectivity index (χ0) is 15.7. The number of nitrogens with one attached hydrogen (secondary N) is 2. The number of amides is 1. The van der Waals surface area contributed by atoms with Crippen LogP contribution in [0.3, 0.4) is 0 Å². The van der Waals surface area contributed by atoms with Gasteiger partial charge in [-0.25, -0.2) is 4.98 Å². The van der Waals surface area contributed by atoms with Crippen LogP contribution in [0.15, 0.2) is 24.5 Å². The molecule has 4 rings (SSSR count). The molecule has 1 spiro atoms. The fraction of sp³-hybridized carbons (Fsp3) is 0.529. The molecule has 2 heterocycles. The molecule has 2 N–H and O–H groups in total. The SMILES string of the molecule is O=C(NC[C@@H]1COC2(CCCCC2)O1)c1ccc2nc[nH]c2c1. The Morgan fingerprint density at radius 1 is 1.35 bits per heavy atom. The molecule has 2 fully saturated rings. The first kappa shape index (κ1) is 14.7. The van der Waals surface area contributed by atoms with Gasteiger partial charge in [-0.15, -0.1) is 0 Å². The number of nitrogens with zero attached hydrogens (tertiary/aromatic N) is 1. The topological polar surface area (TPSA) is 76.2 Å². The van der Waals surface area contributed by atoms with E-state index < -0.39 is 0 Å². The average Bonchev–Trinajstić information content (AvgIpc) is 3.20. The Balaban J connectivity index is 1.34. The van der Waals surface area contributed by atoms with Crippen LogP contribution >= 0.6 is 0 Å². The third kappa shape index (κ3) is 2.96. The van der Waals surface area contributed by atoms with E-state index in [4.69, 9.17) is 9.47 Å². The van der Waals surface area contributed by atoms with E-state index in [-0.39, 0.29) is 17.8 Å². The summed E-state index contributed by atoms with van der Waals surface area (Å²) in [5, 5.41) is 2.94. The van der Waals surface area contributed by atoms with Crippen molar-refractivity contribution in [1.82, 2.24) is 15.3 Å². The molecular weight excluding hydrogens is 294 g/mol. The van der Waals surface area contributed by atoms with Crippen molar-refractivity contribution in [3.8, 4) is 0 Å². The van der Waals surface area contributed by atoms with Crippen molar-refractivity contribution in [3.05, 3.63) is 30.1 Å². The van der Waals surface area contributed by atoms with Gasteiger partial charge in [0.1, 0.15) is 6.10 Å². The van der Waals surface area contributed by atoms with Gasteiger partial charge in [0.25, 0.3) is 5.91 Å². The van der Waals surface area contributed by atoms with Gasteiger partial charge in [-0.2, -0.15) is 0 Å². The van der Waals surface area contributed by atoms with E-state index in [0.717, 1.165) is 36.7 Å². The maximum atomic E-state index is 12.3. The molecule has 0 radical (unpaired) electrons. The minimum absolute atomic E-state index is 0.0621. The molecule has 2 aliphatic rings. The fourth-order valence-electron chi connectivity index (χ4n) is 3.46. The van der Waals surface area contributed by atoms with Crippen LogP contribution < -0.4 is 5.32 Å². The highest BCUT2D eigenvalue weighted by atomic mass is 16.7. The zero-order valence-electron chi connectivity index (χ0n) is 13.0. The Labute approximate surface area is 134 Å². The highest BCUT2D eigenvalue weighted by molar-refractivity contribution is 5.97. The number of H-pyrrole nitrogens is 1. The molecule has 122 valence electrons. The van der Waals surface area contributed by atoms with Gasteiger partial charge in [-0.05, 0) is 31.0 Å². The Bertz CT molecular complexity index is 706. The first-order valence-electron chi connectivity index (χ1n) is 8.27. The van der Waals surface area contributed by atoms with E-state index in [1.54, 1.807) is 12.4 Å². The highest BCUT2D eigenvalue weighted by Gasteiger charge is 2.42. The number of fused-ring (bicyclic) bond motifs is 1. The van der Waals surface area contributed by atoms with E-state index in [1.807, 2.05) is 12.1 Å². The van der Waals surface area contributed by atoms with Gasteiger partial charge >= 0.3 is 0 Å². The van der Waals surface area contributed by atoms with Crippen LogP contribution in [0.2, 0.25) is 0 Å². The summed E-state index contributed by atoms with van der Waals surface area (Å²) in [4.78, 5) is 19.5. The van der Waals surface area contributed by atoms with Crippen LogP contribution in [0.1, 0.15) is 42.5 Å². The van der Waals surface area contributed by atoms with Crippen LogP contribution in [0, 0.1) is 0 Å². The Hall–Kier alpha value is -1.92. The lowest BCUT2D eigenvalue weighted by atomic mass is 9.94. The minimum Gasteiger partial charge on any atom is -0.349 e. The minimum atomic E-state index is -0.386. The molecule has 1 aromatic heterocycles. The van der Waals surface area contributed by atoms with Crippen molar-refractivity contribution in [2.24, 2.45) is 0 Å². The number of aromatic amines is 1. The summed E-state index contributed by atoms with van der Waals surface area (Å²) in [6.07, 6.45) is 7.06. The van der Waals surface area contributed by atoms with Gasteiger partial charge in [0.15, 0.2) is 5.79 Å². The van der Waals surface area contributed by atoms with Gasteiger partial charge in [0.2, 0.25) is 0 Å². The molecule has 2 aromatic rings. The third-order valence-corrected chi connectivity index (χ3v) is 4.70. The second kappa shape index (κ2) is 5.94. The molecule has 0 unspecified atom stereocenters. The maximum absolute atomic E-state index is 12.3. The van der Waals surface area contributed by atoms with Crippen molar-refractivity contribution < 1.29 is 14.3 Å². The summed E-state index contributed by atoms with van der Waals surface area (Å²) in [6.45, 7) is 1.03. The number of hydrogen-bond acceptors (Lipinski definition) is 4. The van der Waals surface area contributed by atoms with Crippen molar-refractivity contribution in [1.29, 1.82) is 0 Å². The summed E-state index contributed by atoms with van der Waals surface area (Å²) in [6, 6.07) is 5.44. The lowest BCUT2D eigenvalue weighted by Gasteiger charge is -2.31. The molecule has 6 nitrogen and oxygen atoms in total. The molecule has 1 saturated heterocycles. The molecule has 1 amide bonds. The van der Waals surface area contributed by atoms with Crippen LogP contribution in [0.25, 0.3) is 11.0 Å². The standard InChI is InChI=1S/C17H21N3O3/c21-16(12-4-5-14-15(8-12)20-11-19-14)18-9-13-10-22-17(23-13)6-2-1-3-7-17/h4-5,8,11,13H,1-3,6-7,9-10H2,(H,18,21)(H,19,20)/t13-/m1/s1. The van der Waals surface area contributed by atoms with Crippen molar-refractivity contribution in [2.45, 2.75) is 44.0 Å². The predicted octanol–water partition coefficient (Wildman–Crippen LogP) is 2.37. The maximum Gasteiger partial charge on any atom is 0.251 e. The molecular formula is C17H21N3O3. The van der Waals surface area contributed by atoms with Gasteiger partial charge in [0, 0.05) is 24.9 Å². The number of benzene rings is 1. The smallest absolute Gasteiger partial charge is 0.251 e. The lowest BCUT2D eigenvalue weighted by molar-refractivity contribution is -0.186. The first-order valence-corrected chi connectivity index (χ1v) is 8.27. The summed E-state index contributed by atoms with van der Waals surface area (Å²) < 4.78 is 12.0. The van der Waals surface area contributed by atoms with E-state index in [9.17, 15) is 4.79 Å². The second-order valence-electron chi connectivity index (χ2n) is 6.37. The van der Waals surface area contributed by atoms with Crippen LogP contribution in [-0.2, 0) is 9.47 Å². The van der Waals surface area contributed by atoms with Crippen LogP contribution in [0.5, 0.6) is 0 Å². The normalized spacial score (nSPS) is 23.4. The number of carbonyl (C=O) groups excluding carboxylic acids is 1. The summed E-state index contributed by atoms with van der Waals surface area (Å²) in [5.74, 6) is -0.489. The van der Waals surface area contributed by atoms with E-state index in [1.165, 1.54) is 6.42 Å². The van der Waals surface area contributed by atoms with Gasteiger partial charge in [0.05, 0.1) is 24.0 Å². The predicted molar refractivity (Wildman–Crippen MR) is 85.1 cm³/mol. The monoisotopic (exact) mass is 315 g/mol. The zero-order valence-corrected chi connectivity index (χ0v) is 13.0. The Morgan fingerprint density at radius 2 is 2.22 bits per heavy atom. The summed E-state index contributed by atoms with van der Waals surface area (Å²) in [5.41, 5.74) is 2.33. The first-order chi connectivity index (χ1) is 11.2. The Morgan fingerprint density at radius 3 is 3.09 bits per heavy atom. The van der Waals surface area contributed by atoms with Crippen molar-refractivity contribution >= 4 is 16.9 Å². The number of rotatable bonds is 3. The highest BCUT2D eigenvalue weighted by Crippen LogP contribution is 2.37. The van der Waals surface area contributed by atoms with Crippen LogP contribution in [-0.4, -0.2) is 40.9 Å². The molecule has 1 aliphatic carbocycles. The molecule has 1 aliphatic heterocycles. The number of hydrogen-bond donors (Lipinski definition) is 2. The van der Waals surface area contributed by atoms with Gasteiger partial charge < -0.3 is 19.8 Å². The summed E-state index contributed by atoms with van der Waals surface area (Å²) in [7, 11) is 0. The molecule has 1 atom stereocenters. The Kier molecular flexibility index (Phi) is 3.79. The van der Waals surface area contributed by atoms with E-state index in [0.29, 0.717) is 18.7 Å². The number of imidazole rings is 1. The number of carbonyl (C=O) groups is 1. The largest absolute Gasteiger partial charge is 0.349 e. The molecule has 1 saturated carbocycles. The van der Waals surface area contributed by atoms with Gasteiger partial charge in [-0.3, -0.25) is 4.79 Å². The van der Waals surface area contributed by atoms with Crippen molar-refractivity contribution in [2.75, 3.05) is 13.2 Å². The quantitative estimate of drug-likeness (QED) is 0.911. The lowest BCUT2D eigenvalue weighted by Crippen LogP contribution is -2.37. The fourth-order valence-corrected chi connectivity index (χ4v) is 3.46. The summed E-state index contributed by atoms with van der Waals surface area (Å²) >= 11 is 0. The molecule has 23 heavy (non-hydrogen) atoms. The van der Waals surface area contributed by atoms with Gasteiger partial charge in [-0.1, -0.05) is 6.42 Å². The molecule has 0 bridgehead atoms. The van der Waals surface area contributed by atoms with Crippen molar-refractivity contribution in [3.63, 3.8) is 0 Å². The second-order valence-corrected chi connectivity index (χ2v) is 6.37. The third-order valence-electron chi connectivity index (χ3n) is 4.70. The van der Waals surface area contributed by atoms with Crippen LogP contribution in [0.4, 0.5) is 0 Å². The molecule has 1 aromatic carbocycles. The average molecular weight is 315 g/mol. The van der Waals surface area contributed by atoms with E-state index in [2.05, 4.69) is 15.3 Å². The number of ether oxygens (including phenoxy) is 2. The molecule has 6 heteroatoms. The van der Waals surface area contributed by atoms with E-state index >= 15 is 0 Å². The number of aromatic nitrogens is 2.